The maximum Gasteiger partial charge on any atom is 0.227 e. The lowest BCUT2D eigenvalue weighted by atomic mass is 10.0. The molecule has 2 rings (SSSR count). The van der Waals surface area contributed by atoms with Crippen molar-refractivity contribution in [2.24, 2.45) is 18.7 Å². The van der Waals surface area contributed by atoms with E-state index >= 15 is 0 Å². The number of rotatable bonds is 3. The molecule has 1 aliphatic heterocycles. The smallest absolute Gasteiger partial charge is 0.227 e. The number of hydrogen-bond acceptors (Lipinski definition) is 5. The van der Waals surface area contributed by atoms with Crippen molar-refractivity contribution in [2.75, 3.05) is 13.2 Å². The van der Waals surface area contributed by atoms with Crippen LogP contribution >= 0.6 is 0 Å². The summed E-state index contributed by atoms with van der Waals surface area (Å²) in [5.41, 5.74) is 5.73. The number of amides is 1. The summed E-state index contributed by atoms with van der Waals surface area (Å²) in [6.07, 6.45) is 1.59. The predicted molar refractivity (Wildman–Crippen MR) is 55.1 cm³/mol. The molecule has 2 unspecified atom stereocenters. The highest BCUT2D eigenvalue weighted by atomic mass is 16.5. The van der Waals surface area contributed by atoms with Crippen LogP contribution in [-0.4, -0.2) is 39.9 Å². The van der Waals surface area contributed by atoms with Crippen molar-refractivity contribution in [2.45, 2.75) is 12.6 Å². The van der Waals surface area contributed by atoms with Gasteiger partial charge in [-0.3, -0.25) is 9.48 Å². The summed E-state index contributed by atoms with van der Waals surface area (Å²) in [6, 6.07) is -0.211. The average molecular weight is 225 g/mol. The monoisotopic (exact) mass is 225 g/mol. The molecule has 88 valence electrons. The van der Waals surface area contributed by atoms with Crippen molar-refractivity contribution in [1.29, 1.82) is 0 Å². The van der Waals surface area contributed by atoms with Gasteiger partial charge in [-0.15, -0.1) is 0 Å². The second-order valence-electron chi connectivity index (χ2n) is 3.86. The molecule has 0 bridgehead atoms. The van der Waals surface area contributed by atoms with Gasteiger partial charge >= 0.3 is 0 Å². The highest BCUT2D eigenvalue weighted by molar-refractivity contribution is 5.79. The Hall–Kier alpha value is -1.47. The highest BCUT2D eigenvalue weighted by Gasteiger charge is 2.31. The molecule has 1 saturated heterocycles. The second kappa shape index (κ2) is 4.58. The van der Waals surface area contributed by atoms with Gasteiger partial charge in [-0.05, 0) is 0 Å². The third-order valence-electron chi connectivity index (χ3n) is 2.53. The Morgan fingerprint density at radius 3 is 3.12 bits per heavy atom. The number of ether oxygens (including phenoxy) is 1. The van der Waals surface area contributed by atoms with Gasteiger partial charge in [0.15, 0.2) is 5.82 Å². The zero-order valence-electron chi connectivity index (χ0n) is 9.09. The molecule has 1 amide bonds. The van der Waals surface area contributed by atoms with E-state index in [9.17, 15) is 4.79 Å². The Morgan fingerprint density at radius 1 is 1.75 bits per heavy atom. The summed E-state index contributed by atoms with van der Waals surface area (Å²) in [4.78, 5) is 15.7. The van der Waals surface area contributed by atoms with Crippen molar-refractivity contribution in [3.63, 3.8) is 0 Å². The van der Waals surface area contributed by atoms with Gasteiger partial charge in [0.1, 0.15) is 6.33 Å². The number of aromatic nitrogens is 3. The summed E-state index contributed by atoms with van der Waals surface area (Å²) in [6.45, 7) is 1.16. The molecular weight excluding hydrogens is 210 g/mol. The van der Waals surface area contributed by atoms with E-state index in [-0.39, 0.29) is 17.9 Å². The molecule has 0 aliphatic carbocycles. The molecule has 1 aromatic rings. The lowest BCUT2D eigenvalue weighted by Crippen LogP contribution is -2.40. The van der Waals surface area contributed by atoms with Crippen LogP contribution in [0.3, 0.4) is 0 Å². The fraction of sp³-hybridized carbons (Fsp3) is 0.667. The lowest BCUT2D eigenvalue weighted by molar-refractivity contribution is -0.125. The normalized spacial score (nSPS) is 24.6. The maximum absolute atomic E-state index is 11.7. The first-order chi connectivity index (χ1) is 7.66. The van der Waals surface area contributed by atoms with E-state index in [4.69, 9.17) is 10.5 Å². The molecular formula is C9H15N5O2. The molecule has 0 radical (unpaired) electrons. The quantitative estimate of drug-likeness (QED) is 0.646. The van der Waals surface area contributed by atoms with Crippen molar-refractivity contribution in [3.05, 3.63) is 12.2 Å². The van der Waals surface area contributed by atoms with E-state index in [0.717, 1.165) is 0 Å². The van der Waals surface area contributed by atoms with Crippen LogP contribution in [0.1, 0.15) is 5.82 Å². The van der Waals surface area contributed by atoms with E-state index < -0.39 is 0 Å². The molecule has 0 aromatic carbocycles. The number of aryl methyl sites for hydroxylation is 1. The van der Waals surface area contributed by atoms with Crippen molar-refractivity contribution in [3.8, 4) is 0 Å². The number of nitrogens with one attached hydrogen (secondary N) is 1. The van der Waals surface area contributed by atoms with Crippen LogP contribution < -0.4 is 11.1 Å². The fourth-order valence-electron chi connectivity index (χ4n) is 1.60. The van der Waals surface area contributed by atoms with Crippen molar-refractivity contribution < 1.29 is 9.53 Å². The van der Waals surface area contributed by atoms with Crippen molar-refractivity contribution in [1.82, 2.24) is 20.1 Å². The second-order valence-corrected chi connectivity index (χ2v) is 3.86. The molecule has 1 aliphatic rings. The van der Waals surface area contributed by atoms with E-state index in [1.807, 2.05) is 0 Å². The zero-order valence-corrected chi connectivity index (χ0v) is 9.09. The minimum Gasteiger partial charge on any atom is -0.379 e. The van der Waals surface area contributed by atoms with E-state index in [0.29, 0.717) is 25.6 Å². The summed E-state index contributed by atoms with van der Waals surface area (Å²) in [7, 11) is 1.78. The molecule has 3 N–H and O–H groups in total. The number of nitrogens with zero attached hydrogens (tertiary/aromatic N) is 3. The highest BCUT2D eigenvalue weighted by Crippen LogP contribution is 2.11. The van der Waals surface area contributed by atoms with Crippen LogP contribution in [0.5, 0.6) is 0 Å². The number of carbonyl (C=O) groups is 1. The first-order valence-electron chi connectivity index (χ1n) is 5.12. The largest absolute Gasteiger partial charge is 0.379 e. The number of carbonyl (C=O) groups excluding carboxylic acids is 1. The summed E-state index contributed by atoms with van der Waals surface area (Å²) < 4.78 is 6.71. The molecule has 0 spiro atoms. The van der Waals surface area contributed by atoms with Crippen LogP contribution in [0, 0.1) is 5.92 Å². The van der Waals surface area contributed by atoms with Gasteiger partial charge in [0.05, 0.1) is 25.7 Å². The van der Waals surface area contributed by atoms with E-state index in [1.54, 1.807) is 18.1 Å². The first-order valence-corrected chi connectivity index (χ1v) is 5.12. The summed E-state index contributed by atoms with van der Waals surface area (Å²) in [5.74, 6) is 0.226. The molecule has 16 heavy (non-hydrogen) atoms. The number of hydrogen-bond donors (Lipinski definition) is 2. The Morgan fingerprint density at radius 2 is 2.56 bits per heavy atom. The standard InChI is InChI=1S/C9H15N5O2/c1-14-5-12-8(13-14)2-11-9(15)6-3-16-4-7(6)10/h5-7H,2-4,10H2,1H3,(H,11,15). The Balaban J connectivity index is 1.83. The van der Waals surface area contributed by atoms with Crippen LogP contribution in [0.15, 0.2) is 6.33 Å². The third kappa shape index (κ3) is 2.37. The predicted octanol–water partition coefficient (Wildman–Crippen LogP) is -1.59. The van der Waals surface area contributed by atoms with E-state index in [1.165, 1.54) is 0 Å². The molecule has 0 saturated carbocycles. The summed E-state index contributed by atoms with van der Waals surface area (Å²) in [5, 5.41) is 6.80. The van der Waals surface area contributed by atoms with Gasteiger partial charge in [-0.25, -0.2) is 4.98 Å². The van der Waals surface area contributed by atoms with Gasteiger partial charge in [0.2, 0.25) is 5.91 Å². The molecule has 7 nitrogen and oxygen atoms in total. The van der Waals surface area contributed by atoms with Crippen LogP contribution in [0.25, 0.3) is 0 Å². The first kappa shape index (κ1) is 11.0. The third-order valence-corrected chi connectivity index (χ3v) is 2.53. The fourth-order valence-corrected chi connectivity index (χ4v) is 1.60. The van der Waals surface area contributed by atoms with Gasteiger partial charge < -0.3 is 15.8 Å². The zero-order chi connectivity index (χ0) is 11.5. The molecule has 2 atom stereocenters. The van der Waals surface area contributed by atoms with Gasteiger partial charge in [-0.1, -0.05) is 0 Å². The molecule has 2 heterocycles. The Kier molecular flexibility index (Phi) is 3.16. The van der Waals surface area contributed by atoms with Gasteiger partial charge in [0.25, 0.3) is 0 Å². The van der Waals surface area contributed by atoms with Gasteiger partial charge in [0, 0.05) is 13.1 Å². The molecule has 1 aromatic heterocycles. The van der Waals surface area contributed by atoms with Crippen LogP contribution in [0.2, 0.25) is 0 Å². The Labute approximate surface area is 93.0 Å². The minimum absolute atomic E-state index is 0.0996. The topological polar surface area (TPSA) is 95.1 Å². The maximum atomic E-state index is 11.7. The summed E-state index contributed by atoms with van der Waals surface area (Å²) >= 11 is 0. The number of nitrogens with two attached hydrogens (primary N) is 1. The Bertz CT molecular complexity index is 378. The molecule has 7 heteroatoms. The lowest BCUT2D eigenvalue weighted by Gasteiger charge is -2.12. The minimum atomic E-state index is -0.260. The van der Waals surface area contributed by atoms with Crippen molar-refractivity contribution >= 4 is 5.91 Å². The SMILES string of the molecule is Cn1cnc(CNC(=O)C2COCC2N)n1. The van der Waals surface area contributed by atoms with Crippen LogP contribution in [0.4, 0.5) is 0 Å². The van der Waals surface area contributed by atoms with Gasteiger partial charge in [-0.2, -0.15) is 5.10 Å². The van der Waals surface area contributed by atoms with Crippen LogP contribution in [-0.2, 0) is 23.1 Å². The van der Waals surface area contributed by atoms with E-state index in [2.05, 4.69) is 15.4 Å². The average Bonchev–Trinajstić information content (AvgIpc) is 2.84. The molecule has 1 fully saturated rings.